The molecule has 0 N–H and O–H groups in total. The van der Waals surface area contributed by atoms with Crippen LogP contribution in [0.3, 0.4) is 0 Å². The predicted molar refractivity (Wildman–Crippen MR) is 57.8 cm³/mol. The number of esters is 1. The van der Waals surface area contributed by atoms with E-state index in [2.05, 4.69) is 21.8 Å². The summed E-state index contributed by atoms with van der Waals surface area (Å²) in [5.74, 6) is -0.188. The third-order valence-corrected chi connectivity index (χ3v) is 2.69. The summed E-state index contributed by atoms with van der Waals surface area (Å²) in [7, 11) is 1.42. The number of nitrogens with zero attached hydrogens (tertiary/aromatic N) is 1. The predicted octanol–water partition coefficient (Wildman–Crippen LogP) is 1.41. The maximum absolute atomic E-state index is 11.2. The van der Waals surface area contributed by atoms with E-state index in [0.717, 1.165) is 25.1 Å². The zero-order valence-corrected chi connectivity index (χ0v) is 8.82. The number of methoxy groups -OCH3 is 1. The molecule has 0 unspecified atom stereocenters. The molecule has 1 heterocycles. The van der Waals surface area contributed by atoms with Gasteiger partial charge in [0, 0.05) is 12.2 Å². The quantitative estimate of drug-likeness (QED) is 0.682. The normalized spacial score (nSPS) is 14.6. The number of hydrogen-bond donors (Lipinski definition) is 0. The molecule has 1 radical (unpaired) electrons. The van der Waals surface area contributed by atoms with Crippen molar-refractivity contribution < 1.29 is 9.53 Å². The van der Waals surface area contributed by atoms with Gasteiger partial charge in [-0.3, -0.25) is 4.79 Å². The third-order valence-electron chi connectivity index (χ3n) is 2.69. The van der Waals surface area contributed by atoms with Gasteiger partial charge in [-0.25, -0.2) is 0 Å². The second-order valence-corrected chi connectivity index (χ2v) is 3.66. The summed E-state index contributed by atoms with van der Waals surface area (Å²) in [4.78, 5) is 13.3. The van der Waals surface area contributed by atoms with Gasteiger partial charge >= 0.3 is 5.97 Å². The molecule has 0 spiro atoms. The molecule has 1 aromatic carbocycles. The van der Waals surface area contributed by atoms with E-state index < -0.39 is 0 Å². The molecule has 0 fully saturated rings. The van der Waals surface area contributed by atoms with Crippen LogP contribution in [0.2, 0.25) is 0 Å². The van der Waals surface area contributed by atoms with Gasteiger partial charge in [-0.1, -0.05) is 12.1 Å². The minimum atomic E-state index is -0.188. The average molecular weight is 204 g/mol. The second-order valence-electron chi connectivity index (χ2n) is 3.66. The van der Waals surface area contributed by atoms with Crippen LogP contribution in [-0.2, 0) is 16.0 Å². The lowest BCUT2D eigenvalue weighted by molar-refractivity contribution is -0.138. The molecule has 3 heteroatoms. The molecule has 0 saturated heterocycles. The Morgan fingerprint density at radius 3 is 3.33 bits per heavy atom. The fourth-order valence-corrected chi connectivity index (χ4v) is 1.93. The molecule has 15 heavy (non-hydrogen) atoms. The highest BCUT2D eigenvalue weighted by Gasteiger charge is 2.18. The molecule has 0 amide bonds. The highest BCUT2D eigenvalue weighted by Crippen LogP contribution is 2.25. The third kappa shape index (κ3) is 2.12. The van der Waals surface area contributed by atoms with Gasteiger partial charge in [0.1, 0.15) is 6.54 Å². The van der Waals surface area contributed by atoms with Crippen molar-refractivity contribution in [2.75, 3.05) is 25.1 Å². The first-order valence-corrected chi connectivity index (χ1v) is 5.12. The first-order valence-electron chi connectivity index (χ1n) is 5.12. The fourth-order valence-electron chi connectivity index (χ4n) is 1.93. The van der Waals surface area contributed by atoms with E-state index in [4.69, 9.17) is 0 Å². The van der Waals surface area contributed by atoms with Crippen molar-refractivity contribution in [2.24, 2.45) is 0 Å². The minimum absolute atomic E-state index is 0.188. The molecule has 1 aliphatic heterocycles. The van der Waals surface area contributed by atoms with Crippen LogP contribution in [0.5, 0.6) is 0 Å². The SMILES string of the molecule is COC(=O)CN1CCCc2cc[c]cc21. The Morgan fingerprint density at radius 1 is 1.67 bits per heavy atom. The largest absolute Gasteiger partial charge is 0.468 e. The van der Waals surface area contributed by atoms with Crippen molar-refractivity contribution >= 4 is 11.7 Å². The second kappa shape index (κ2) is 4.34. The number of carbonyl (C=O) groups is 1. The lowest BCUT2D eigenvalue weighted by Gasteiger charge is -2.29. The summed E-state index contributed by atoms with van der Waals surface area (Å²) in [5.41, 5.74) is 2.41. The van der Waals surface area contributed by atoms with E-state index in [1.165, 1.54) is 12.7 Å². The van der Waals surface area contributed by atoms with Crippen molar-refractivity contribution in [3.8, 4) is 0 Å². The minimum Gasteiger partial charge on any atom is -0.468 e. The van der Waals surface area contributed by atoms with Crippen molar-refractivity contribution in [3.63, 3.8) is 0 Å². The zero-order valence-electron chi connectivity index (χ0n) is 8.82. The molecular formula is C12H14NO2. The Bertz CT molecular complexity index is 362. The Hall–Kier alpha value is -1.51. The molecule has 0 atom stereocenters. The van der Waals surface area contributed by atoms with Crippen LogP contribution in [0.15, 0.2) is 18.2 Å². The van der Waals surface area contributed by atoms with Crippen LogP contribution in [-0.4, -0.2) is 26.2 Å². The van der Waals surface area contributed by atoms with Crippen molar-refractivity contribution in [2.45, 2.75) is 12.8 Å². The maximum atomic E-state index is 11.2. The Morgan fingerprint density at radius 2 is 2.53 bits per heavy atom. The summed E-state index contributed by atoms with van der Waals surface area (Å²) in [6, 6.07) is 8.98. The van der Waals surface area contributed by atoms with E-state index >= 15 is 0 Å². The number of benzene rings is 1. The van der Waals surface area contributed by atoms with E-state index in [1.54, 1.807) is 0 Å². The molecule has 0 aliphatic carbocycles. The van der Waals surface area contributed by atoms with Gasteiger partial charge in [-0.15, -0.1) is 0 Å². The van der Waals surface area contributed by atoms with E-state index in [1.807, 2.05) is 12.1 Å². The number of aryl methyl sites for hydroxylation is 1. The Kier molecular flexibility index (Phi) is 2.90. The molecule has 0 aromatic heterocycles. The van der Waals surface area contributed by atoms with Gasteiger partial charge in [0.2, 0.25) is 0 Å². The summed E-state index contributed by atoms with van der Waals surface area (Å²) >= 11 is 0. The number of anilines is 1. The average Bonchev–Trinajstić information content (AvgIpc) is 2.29. The van der Waals surface area contributed by atoms with E-state index in [9.17, 15) is 4.79 Å². The number of ether oxygens (including phenoxy) is 1. The number of rotatable bonds is 2. The van der Waals surface area contributed by atoms with Crippen LogP contribution in [0.25, 0.3) is 0 Å². The maximum Gasteiger partial charge on any atom is 0.325 e. The number of hydrogen-bond acceptors (Lipinski definition) is 3. The zero-order chi connectivity index (χ0) is 10.7. The summed E-state index contributed by atoms with van der Waals surface area (Å²) in [6.07, 6.45) is 2.18. The number of fused-ring (bicyclic) bond motifs is 1. The van der Waals surface area contributed by atoms with Gasteiger partial charge in [0.15, 0.2) is 0 Å². The lowest BCUT2D eigenvalue weighted by atomic mass is 10.0. The Balaban J connectivity index is 2.18. The molecule has 1 aromatic rings. The Labute approximate surface area is 89.7 Å². The van der Waals surface area contributed by atoms with Gasteiger partial charge in [-0.05, 0) is 30.5 Å². The van der Waals surface area contributed by atoms with Crippen molar-refractivity contribution in [1.29, 1.82) is 0 Å². The van der Waals surface area contributed by atoms with E-state index in [-0.39, 0.29) is 5.97 Å². The molecule has 0 saturated carbocycles. The summed E-state index contributed by atoms with van der Waals surface area (Å²) < 4.78 is 4.68. The van der Waals surface area contributed by atoms with Crippen LogP contribution >= 0.6 is 0 Å². The highest BCUT2D eigenvalue weighted by molar-refractivity contribution is 5.76. The van der Waals surface area contributed by atoms with Crippen LogP contribution in [0.4, 0.5) is 5.69 Å². The molecule has 0 bridgehead atoms. The fraction of sp³-hybridized carbons (Fsp3) is 0.417. The summed E-state index contributed by atoms with van der Waals surface area (Å²) in [6.45, 7) is 1.25. The molecule has 79 valence electrons. The van der Waals surface area contributed by atoms with Gasteiger partial charge in [0.05, 0.1) is 7.11 Å². The van der Waals surface area contributed by atoms with Crippen LogP contribution in [0, 0.1) is 6.07 Å². The molecule has 2 rings (SSSR count). The first kappa shape index (κ1) is 10.0. The summed E-state index contributed by atoms with van der Waals surface area (Å²) in [5, 5.41) is 0. The van der Waals surface area contributed by atoms with E-state index in [0.29, 0.717) is 6.54 Å². The van der Waals surface area contributed by atoms with Crippen molar-refractivity contribution in [3.05, 3.63) is 29.8 Å². The number of carbonyl (C=O) groups excluding carboxylic acids is 1. The lowest BCUT2D eigenvalue weighted by Crippen LogP contribution is -2.34. The first-order chi connectivity index (χ1) is 7.31. The monoisotopic (exact) mass is 204 g/mol. The molecule has 3 nitrogen and oxygen atoms in total. The smallest absolute Gasteiger partial charge is 0.325 e. The van der Waals surface area contributed by atoms with Crippen molar-refractivity contribution in [1.82, 2.24) is 0 Å². The molecular weight excluding hydrogens is 190 g/mol. The topological polar surface area (TPSA) is 29.5 Å². The highest BCUT2D eigenvalue weighted by atomic mass is 16.5. The van der Waals surface area contributed by atoms with Crippen LogP contribution in [0.1, 0.15) is 12.0 Å². The standard InChI is InChI=1S/C12H14NO2/c1-15-12(14)9-13-8-4-6-10-5-2-3-7-11(10)13/h2,5,7H,4,6,8-9H2,1H3. The van der Waals surface area contributed by atoms with Crippen LogP contribution < -0.4 is 4.90 Å². The van der Waals surface area contributed by atoms with Gasteiger partial charge < -0.3 is 9.64 Å². The van der Waals surface area contributed by atoms with Gasteiger partial charge in [-0.2, -0.15) is 0 Å². The molecule has 1 aliphatic rings. The van der Waals surface area contributed by atoms with Gasteiger partial charge in [0.25, 0.3) is 0 Å².